The molecule has 0 saturated heterocycles. The molecule has 0 aliphatic carbocycles. The standard InChI is InChI=1S/C11H20N4O/c1-5-12-10-8-11(14-9(2)13-10)15(3)6-7-16-4/h8H,5-7H2,1-4H3,(H,12,13,14). The van der Waals surface area contributed by atoms with Crippen LogP contribution in [0.2, 0.25) is 0 Å². The number of aromatic nitrogens is 2. The van der Waals surface area contributed by atoms with Gasteiger partial charge in [-0.05, 0) is 13.8 Å². The molecule has 0 unspecified atom stereocenters. The molecule has 0 aliphatic rings. The minimum Gasteiger partial charge on any atom is -0.383 e. The van der Waals surface area contributed by atoms with E-state index in [-0.39, 0.29) is 0 Å². The normalized spacial score (nSPS) is 10.2. The molecule has 90 valence electrons. The lowest BCUT2D eigenvalue weighted by Gasteiger charge is -2.18. The summed E-state index contributed by atoms with van der Waals surface area (Å²) in [5.41, 5.74) is 0. The van der Waals surface area contributed by atoms with Crippen molar-refractivity contribution in [2.75, 3.05) is 44.1 Å². The number of likely N-dealkylation sites (N-methyl/N-ethyl adjacent to an activating group) is 1. The van der Waals surface area contributed by atoms with Crippen LogP contribution < -0.4 is 10.2 Å². The molecule has 1 aromatic rings. The van der Waals surface area contributed by atoms with E-state index in [1.807, 2.05) is 27.0 Å². The summed E-state index contributed by atoms with van der Waals surface area (Å²) in [4.78, 5) is 10.7. The van der Waals surface area contributed by atoms with E-state index in [0.29, 0.717) is 6.61 Å². The van der Waals surface area contributed by atoms with Crippen molar-refractivity contribution < 1.29 is 4.74 Å². The highest BCUT2D eigenvalue weighted by Gasteiger charge is 2.05. The third-order valence-electron chi connectivity index (χ3n) is 2.20. The predicted molar refractivity (Wildman–Crippen MR) is 66.1 cm³/mol. The first-order valence-electron chi connectivity index (χ1n) is 5.47. The molecule has 16 heavy (non-hydrogen) atoms. The smallest absolute Gasteiger partial charge is 0.134 e. The van der Waals surface area contributed by atoms with Gasteiger partial charge in [-0.3, -0.25) is 0 Å². The van der Waals surface area contributed by atoms with Gasteiger partial charge in [0.1, 0.15) is 17.5 Å². The van der Waals surface area contributed by atoms with Gasteiger partial charge < -0.3 is 15.0 Å². The van der Waals surface area contributed by atoms with Gasteiger partial charge in [0.05, 0.1) is 6.61 Å². The lowest BCUT2D eigenvalue weighted by molar-refractivity contribution is 0.206. The molecule has 0 atom stereocenters. The highest BCUT2D eigenvalue weighted by molar-refractivity contribution is 5.48. The fraction of sp³-hybridized carbons (Fsp3) is 0.636. The molecule has 0 fully saturated rings. The maximum absolute atomic E-state index is 5.04. The molecule has 0 spiro atoms. The Balaban J connectivity index is 2.78. The van der Waals surface area contributed by atoms with Crippen LogP contribution in [0.4, 0.5) is 11.6 Å². The van der Waals surface area contributed by atoms with E-state index in [9.17, 15) is 0 Å². The number of nitrogens with one attached hydrogen (secondary N) is 1. The summed E-state index contributed by atoms with van der Waals surface area (Å²) in [6.07, 6.45) is 0. The van der Waals surface area contributed by atoms with Gasteiger partial charge in [0.25, 0.3) is 0 Å². The van der Waals surface area contributed by atoms with Gasteiger partial charge in [-0.25, -0.2) is 9.97 Å². The van der Waals surface area contributed by atoms with Crippen LogP contribution in [0.1, 0.15) is 12.7 Å². The van der Waals surface area contributed by atoms with Gasteiger partial charge in [0, 0.05) is 33.3 Å². The van der Waals surface area contributed by atoms with Gasteiger partial charge in [0.2, 0.25) is 0 Å². The first kappa shape index (κ1) is 12.7. The van der Waals surface area contributed by atoms with Gasteiger partial charge in [-0.15, -0.1) is 0 Å². The Kier molecular flexibility index (Phi) is 4.98. The third-order valence-corrected chi connectivity index (χ3v) is 2.20. The molecule has 0 aliphatic heterocycles. The van der Waals surface area contributed by atoms with Crippen LogP contribution in [-0.2, 0) is 4.74 Å². The lowest BCUT2D eigenvalue weighted by atomic mass is 10.4. The van der Waals surface area contributed by atoms with E-state index in [2.05, 4.69) is 20.2 Å². The maximum atomic E-state index is 5.04. The summed E-state index contributed by atoms with van der Waals surface area (Å²) in [5, 5.41) is 3.19. The molecular formula is C11H20N4O. The van der Waals surface area contributed by atoms with E-state index in [1.165, 1.54) is 0 Å². The summed E-state index contributed by atoms with van der Waals surface area (Å²) in [7, 11) is 3.69. The average Bonchev–Trinajstić information content (AvgIpc) is 2.25. The molecule has 1 N–H and O–H groups in total. The van der Waals surface area contributed by atoms with Crippen molar-refractivity contribution in [1.82, 2.24) is 9.97 Å². The second kappa shape index (κ2) is 6.27. The van der Waals surface area contributed by atoms with Gasteiger partial charge in [0.15, 0.2) is 0 Å². The molecule has 0 amide bonds. The van der Waals surface area contributed by atoms with Crippen LogP contribution in [0.25, 0.3) is 0 Å². The van der Waals surface area contributed by atoms with E-state index in [1.54, 1.807) is 7.11 Å². The molecule has 5 heteroatoms. The van der Waals surface area contributed by atoms with Crippen LogP contribution in [0.15, 0.2) is 6.07 Å². The second-order valence-corrected chi connectivity index (χ2v) is 3.60. The average molecular weight is 224 g/mol. The van der Waals surface area contributed by atoms with E-state index in [4.69, 9.17) is 4.74 Å². The highest BCUT2D eigenvalue weighted by Crippen LogP contribution is 2.14. The van der Waals surface area contributed by atoms with Gasteiger partial charge in [-0.1, -0.05) is 0 Å². The van der Waals surface area contributed by atoms with Crippen molar-refractivity contribution in [3.05, 3.63) is 11.9 Å². The maximum Gasteiger partial charge on any atom is 0.134 e. The Bertz CT molecular complexity index is 330. The molecule has 1 rings (SSSR count). The van der Waals surface area contributed by atoms with Crippen molar-refractivity contribution in [2.45, 2.75) is 13.8 Å². The summed E-state index contributed by atoms with van der Waals surface area (Å²) >= 11 is 0. The van der Waals surface area contributed by atoms with E-state index >= 15 is 0 Å². The van der Waals surface area contributed by atoms with Crippen molar-refractivity contribution in [3.8, 4) is 0 Å². The number of anilines is 2. The molecule has 0 bridgehead atoms. The lowest BCUT2D eigenvalue weighted by Crippen LogP contribution is -2.23. The molecule has 1 heterocycles. The zero-order valence-electron chi connectivity index (χ0n) is 10.4. The van der Waals surface area contributed by atoms with Crippen LogP contribution in [-0.4, -0.2) is 43.8 Å². The number of aryl methyl sites for hydroxylation is 1. The van der Waals surface area contributed by atoms with Gasteiger partial charge in [-0.2, -0.15) is 0 Å². The fourth-order valence-corrected chi connectivity index (χ4v) is 1.36. The second-order valence-electron chi connectivity index (χ2n) is 3.60. The summed E-state index contributed by atoms with van der Waals surface area (Å²) in [6.45, 7) is 6.31. The number of ether oxygens (including phenoxy) is 1. The number of nitrogens with zero attached hydrogens (tertiary/aromatic N) is 3. The van der Waals surface area contributed by atoms with Crippen LogP contribution in [0, 0.1) is 6.92 Å². The molecular weight excluding hydrogens is 204 g/mol. The zero-order valence-corrected chi connectivity index (χ0v) is 10.4. The van der Waals surface area contributed by atoms with Crippen LogP contribution in [0.3, 0.4) is 0 Å². The molecule has 0 aromatic carbocycles. The molecule has 0 saturated carbocycles. The Morgan fingerprint density at radius 2 is 2.19 bits per heavy atom. The Labute approximate surface area is 96.8 Å². The summed E-state index contributed by atoms with van der Waals surface area (Å²) in [6, 6.07) is 1.95. The molecule has 5 nitrogen and oxygen atoms in total. The Hall–Kier alpha value is -1.36. The SMILES string of the molecule is CCNc1cc(N(C)CCOC)nc(C)n1. The van der Waals surface area contributed by atoms with Crippen molar-refractivity contribution >= 4 is 11.6 Å². The predicted octanol–water partition coefficient (Wildman–Crippen LogP) is 1.30. The van der Waals surface area contributed by atoms with E-state index in [0.717, 1.165) is 30.5 Å². The first-order valence-corrected chi connectivity index (χ1v) is 5.47. The monoisotopic (exact) mass is 224 g/mol. The third kappa shape index (κ3) is 3.66. The topological polar surface area (TPSA) is 50.3 Å². The zero-order chi connectivity index (χ0) is 12.0. The number of hydrogen-bond acceptors (Lipinski definition) is 5. The Morgan fingerprint density at radius 3 is 2.81 bits per heavy atom. The van der Waals surface area contributed by atoms with Gasteiger partial charge >= 0.3 is 0 Å². The molecule has 0 radical (unpaired) electrons. The van der Waals surface area contributed by atoms with Crippen LogP contribution >= 0.6 is 0 Å². The summed E-state index contributed by atoms with van der Waals surface area (Å²) < 4.78 is 5.04. The number of rotatable bonds is 6. The number of methoxy groups -OCH3 is 1. The minimum atomic E-state index is 0.691. The van der Waals surface area contributed by atoms with E-state index < -0.39 is 0 Å². The quantitative estimate of drug-likeness (QED) is 0.789. The largest absolute Gasteiger partial charge is 0.383 e. The fourth-order valence-electron chi connectivity index (χ4n) is 1.36. The van der Waals surface area contributed by atoms with Crippen molar-refractivity contribution in [1.29, 1.82) is 0 Å². The molecule has 1 aromatic heterocycles. The van der Waals surface area contributed by atoms with Crippen molar-refractivity contribution in [3.63, 3.8) is 0 Å². The first-order chi connectivity index (χ1) is 7.67. The Morgan fingerprint density at radius 1 is 1.44 bits per heavy atom. The number of hydrogen-bond donors (Lipinski definition) is 1. The highest BCUT2D eigenvalue weighted by atomic mass is 16.5. The van der Waals surface area contributed by atoms with Crippen LogP contribution in [0.5, 0.6) is 0 Å². The summed E-state index contributed by atoms with van der Waals surface area (Å²) in [5.74, 6) is 2.56. The van der Waals surface area contributed by atoms with Crippen molar-refractivity contribution in [2.24, 2.45) is 0 Å². The minimum absolute atomic E-state index is 0.691.